The van der Waals surface area contributed by atoms with Gasteiger partial charge in [0.15, 0.2) is 0 Å². The third-order valence-electron chi connectivity index (χ3n) is 5.68. The van der Waals surface area contributed by atoms with Crippen molar-refractivity contribution in [1.29, 1.82) is 0 Å². The lowest BCUT2D eigenvalue weighted by Gasteiger charge is -2.34. The van der Waals surface area contributed by atoms with E-state index in [2.05, 4.69) is 47.6 Å². The number of halogens is 1. The van der Waals surface area contributed by atoms with Crippen LogP contribution in [-0.2, 0) is 4.79 Å². The van der Waals surface area contributed by atoms with E-state index in [9.17, 15) is 4.79 Å². The van der Waals surface area contributed by atoms with E-state index in [-0.39, 0.29) is 5.91 Å². The first kappa shape index (κ1) is 19.7. The first-order valence-electron chi connectivity index (χ1n) is 10.2. The molecule has 4 rings (SSSR count). The highest BCUT2D eigenvalue weighted by molar-refractivity contribution is 6.30. The molecule has 0 saturated carbocycles. The molecule has 2 aromatic carbocycles. The first-order chi connectivity index (χ1) is 14.1. The number of anilines is 1. The Balaban J connectivity index is 1.65. The fourth-order valence-corrected chi connectivity index (χ4v) is 4.17. The van der Waals surface area contributed by atoms with Gasteiger partial charge in [-0.3, -0.25) is 4.79 Å². The molecule has 0 bridgehead atoms. The van der Waals surface area contributed by atoms with Crippen molar-refractivity contribution in [3.05, 3.63) is 82.0 Å². The predicted molar refractivity (Wildman–Crippen MR) is 119 cm³/mol. The summed E-state index contributed by atoms with van der Waals surface area (Å²) in [6.07, 6.45) is 3.91. The molecule has 1 fully saturated rings. The summed E-state index contributed by atoms with van der Waals surface area (Å²) in [6.45, 7) is 4.14. The van der Waals surface area contributed by atoms with Crippen molar-refractivity contribution in [2.75, 3.05) is 38.5 Å². The second-order valence-electron chi connectivity index (χ2n) is 7.81. The van der Waals surface area contributed by atoms with E-state index in [0.29, 0.717) is 5.02 Å². The second kappa shape index (κ2) is 8.85. The molecular formula is C24H27ClN3O+. The van der Waals surface area contributed by atoms with E-state index < -0.39 is 0 Å². The summed E-state index contributed by atoms with van der Waals surface area (Å²) in [6, 6.07) is 17.6. The minimum Gasteiger partial charge on any atom is -0.360 e. The van der Waals surface area contributed by atoms with Gasteiger partial charge in [0.05, 0.1) is 33.2 Å². The molecule has 0 unspecified atom stereocenters. The van der Waals surface area contributed by atoms with Crippen molar-refractivity contribution in [3.63, 3.8) is 0 Å². The molecule has 1 aliphatic carbocycles. The maximum absolute atomic E-state index is 13.2. The maximum atomic E-state index is 13.2. The van der Waals surface area contributed by atoms with Gasteiger partial charge >= 0.3 is 0 Å². The summed E-state index contributed by atoms with van der Waals surface area (Å²) in [5.74, 6) is -0.00920. The van der Waals surface area contributed by atoms with E-state index in [4.69, 9.17) is 11.6 Å². The lowest BCUT2D eigenvalue weighted by Crippen LogP contribution is -3.11. The highest BCUT2D eigenvalue weighted by atomic mass is 35.5. The zero-order valence-corrected chi connectivity index (χ0v) is 17.5. The van der Waals surface area contributed by atoms with Gasteiger partial charge in [-0.25, -0.2) is 0 Å². The van der Waals surface area contributed by atoms with Gasteiger partial charge in [-0.15, -0.1) is 0 Å². The molecule has 2 aromatic rings. The van der Waals surface area contributed by atoms with Gasteiger partial charge in [0.25, 0.3) is 5.91 Å². The number of likely N-dealkylation sites (N-methyl/N-ethyl adjacent to an activating group) is 1. The average molecular weight is 409 g/mol. The molecule has 0 atom stereocenters. The SMILES string of the molecule is C[NH+]1CCN(C2=C(C(=O)Nc3ccc(Cl)cc3)CC/C2=C\c2ccccc2)CC1. The van der Waals surface area contributed by atoms with Crippen LogP contribution in [0.5, 0.6) is 0 Å². The number of carbonyl (C=O) groups is 1. The highest BCUT2D eigenvalue weighted by Gasteiger charge is 2.31. The molecule has 2 aliphatic rings. The Kier molecular flexibility index (Phi) is 6.02. The summed E-state index contributed by atoms with van der Waals surface area (Å²) in [7, 11) is 2.23. The smallest absolute Gasteiger partial charge is 0.253 e. The lowest BCUT2D eigenvalue weighted by atomic mass is 10.1. The van der Waals surface area contributed by atoms with Crippen LogP contribution in [0.2, 0.25) is 5.02 Å². The van der Waals surface area contributed by atoms with Crippen LogP contribution in [0.3, 0.4) is 0 Å². The zero-order valence-electron chi connectivity index (χ0n) is 16.7. The Morgan fingerprint density at radius 3 is 2.41 bits per heavy atom. The van der Waals surface area contributed by atoms with Crippen LogP contribution in [-0.4, -0.2) is 44.0 Å². The number of nitrogens with zero attached hydrogens (tertiary/aromatic N) is 1. The van der Waals surface area contributed by atoms with Gasteiger partial charge in [0, 0.05) is 22.0 Å². The summed E-state index contributed by atoms with van der Waals surface area (Å²) in [5.41, 5.74) is 5.24. The number of rotatable bonds is 4. The van der Waals surface area contributed by atoms with E-state index in [0.717, 1.165) is 56.0 Å². The van der Waals surface area contributed by atoms with Gasteiger partial charge < -0.3 is 15.1 Å². The zero-order chi connectivity index (χ0) is 20.2. The van der Waals surface area contributed by atoms with Crippen molar-refractivity contribution < 1.29 is 9.69 Å². The summed E-state index contributed by atoms with van der Waals surface area (Å²) in [4.78, 5) is 17.1. The normalized spacial score (nSPS) is 19.1. The van der Waals surface area contributed by atoms with Crippen molar-refractivity contribution in [2.24, 2.45) is 0 Å². The van der Waals surface area contributed by atoms with Crippen LogP contribution in [0.15, 0.2) is 71.4 Å². The molecule has 1 heterocycles. The number of hydrogen-bond acceptors (Lipinski definition) is 2. The molecule has 150 valence electrons. The molecule has 1 amide bonds. The van der Waals surface area contributed by atoms with E-state index in [1.165, 1.54) is 11.1 Å². The first-order valence-corrected chi connectivity index (χ1v) is 10.6. The van der Waals surface area contributed by atoms with Crippen LogP contribution < -0.4 is 10.2 Å². The number of piperazine rings is 1. The summed E-state index contributed by atoms with van der Waals surface area (Å²) in [5, 5.41) is 3.72. The Labute approximate surface area is 177 Å². The van der Waals surface area contributed by atoms with Gasteiger partial charge in [-0.05, 0) is 54.3 Å². The number of nitrogens with one attached hydrogen (secondary N) is 2. The molecular weight excluding hydrogens is 382 g/mol. The maximum Gasteiger partial charge on any atom is 0.253 e. The topological polar surface area (TPSA) is 36.8 Å². The van der Waals surface area contributed by atoms with Crippen LogP contribution in [0.25, 0.3) is 6.08 Å². The van der Waals surface area contributed by atoms with Crippen molar-refractivity contribution in [1.82, 2.24) is 4.90 Å². The number of hydrogen-bond donors (Lipinski definition) is 2. The third kappa shape index (κ3) is 4.72. The monoisotopic (exact) mass is 408 g/mol. The molecule has 1 saturated heterocycles. The fourth-order valence-electron chi connectivity index (χ4n) is 4.05. The summed E-state index contributed by atoms with van der Waals surface area (Å²) < 4.78 is 0. The van der Waals surface area contributed by atoms with Crippen LogP contribution in [0.4, 0.5) is 5.69 Å². The number of carbonyl (C=O) groups excluding carboxylic acids is 1. The van der Waals surface area contributed by atoms with E-state index in [1.54, 1.807) is 17.0 Å². The number of quaternary nitrogens is 1. The molecule has 1 aliphatic heterocycles. The quantitative estimate of drug-likeness (QED) is 0.814. The summed E-state index contributed by atoms with van der Waals surface area (Å²) >= 11 is 5.97. The molecule has 2 N–H and O–H groups in total. The number of benzene rings is 2. The van der Waals surface area contributed by atoms with Gasteiger partial charge in [-0.1, -0.05) is 41.9 Å². The van der Waals surface area contributed by atoms with Crippen molar-refractivity contribution >= 4 is 29.3 Å². The van der Waals surface area contributed by atoms with Gasteiger partial charge in [-0.2, -0.15) is 0 Å². The average Bonchev–Trinajstić information content (AvgIpc) is 3.15. The Morgan fingerprint density at radius 2 is 1.72 bits per heavy atom. The van der Waals surface area contributed by atoms with Crippen LogP contribution >= 0.6 is 11.6 Å². The Hall–Kier alpha value is -2.56. The Bertz CT molecular complexity index is 926. The molecule has 0 spiro atoms. The largest absolute Gasteiger partial charge is 0.360 e. The molecule has 0 radical (unpaired) electrons. The minimum atomic E-state index is -0.00920. The van der Waals surface area contributed by atoms with E-state index in [1.807, 2.05) is 18.2 Å². The Morgan fingerprint density at radius 1 is 1.03 bits per heavy atom. The fraction of sp³-hybridized carbons (Fsp3) is 0.292. The van der Waals surface area contributed by atoms with E-state index >= 15 is 0 Å². The molecule has 5 heteroatoms. The standard InChI is InChI=1S/C24H26ClN3O/c1-27-13-15-28(16-14-27)23-19(17-18-5-3-2-4-6-18)7-12-22(23)24(29)26-21-10-8-20(25)9-11-21/h2-6,8-11,17H,7,12-16H2,1H3,(H,26,29)/p+1/b19-17+. The minimum absolute atomic E-state index is 0.00920. The number of allylic oxidation sites excluding steroid dienone is 1. The van der Waals surface area contributed by atoms with Crippen molar-refractivity contribution in [3.8, 4) is 0 Å². The molecule has 29 heavy (non-hydrogen) atoms. The van der Waals surface area contributed by atoms with Gasteiger partial charge in [0.1, 0.15) is 0 Å². The third-order valence-corrected chi connectivity index (χ3v) is 5.94. The highest BCUT2D eigenvalue weighted by Crippen LogP contribution is 2.36. The molecule has 4 nitrogen and oxygen atoms in total. The predicted octanol–water partition coefficient (Wildman–Crippen LogP) is 3.24. The lowest BCUT2D eigenvalue weighted by molar-refractivity contribution is -0.883. The molecule has 0 aromatic heterocycles. The van der Waals surface area contributed by atoms with Crippen molar-refractivity contribution in [2.45, 2.75) is 12.8 Å². The van der Waals surface area contributed by atoms with Crippen LogP contribution in [0, 0.1) is 0 Å². The number of amides is 1. The second-order valence-corrected chi connectivity index (χ2v) is 8.25. The van der Waals surface area contributed by atoms with Gasteiger partial charge in [0.2, 0.25) is 0 Å². The van der Waals surface area contributed by atoms with Crippen LogP contribution in [0.1, 0.15) is 18.4 Å².